The first-order valence-electron chi connectivity index (χ1n) is 4.79. The highest BCUT2D eigenvalue weighted by Gasteiger charge is 2.27. The van der Waals surface area contributed by atoms with Crippen LogP contribution in [0.3, 0.4) is 0 Å². The first kappa shape index (κ1) is 8.11. The number of hydrogen-bond donors (Lipinski definition) is 0. The fourth-order valence-electron chi connectivity index (χ4n) is 1.87. The summed E-state index contributed by atoms with van der Waals surface area (Å²) in [4.78, 5) is 0. The van der Waals surface area contributed by atoms with E-state index in [0.29, 0.717) is 12.2 Å². The maximum absolute atomic E-state index is 5.65. The van der Waals surface area contributed by atoms with Crippen LogP contribution in [-0.2, 0) is 9.47 Å². The fourth-order valence-corrected chi connectivity index (χ4v) is 1.87. The summed E-state index contributed by atoms with van der Waals surface area (Å²) in [6, 6.07) is 0. The molecular formula is C10H16O2. The van der Waals surface area contributed by atoms with Gasteiger partial charge in [-0.25, -0.2) is 0 Å². The largest absolute Gasteiger partial charge is 0.495 e. The molecule has 2 heterocycles. The van der Waals surface area contributed by atoms with E-state index < -0.39 is 0 Å². The van der Waals surface area contributed by atoms with E-state index in [-0.39, 0.29) is 0 Å². The van der Waals surface area contributed by atoms with Crippen molar-refractivity contribution >= 4 is 0 Å². The molecule has 2 atom stereocenters. The quantitative estimate of drug-likeness (QED) is 0.552. The summed E-state index contributed by atoms with van der Waals surface area (Å²) in [7, 11) is 0. The molecule has 1 saturated heterocycles. The van der Waals surface area contributed by atoms with Gasteiger partial charge < -0.3 is 9.47 Å². The predicted octanol–water partition coefficient (Wildman–Crippen LogP) is 2.25. The van der Waals surface area contributed by atoms with Gasteiger partial charge in [-0.2, -0.15) is 0 Å². The maximum Gasteiger partial charge on any atom is 0.124 e. The number of hydrogen-bond acceptors (Lipinski definition) is 2. The Labute approximate surface area is 73.5 Å². The molecule has 2 rings (SSSR count). The van der Waals surface area contributed by atoms with Crippen LogP contribution in [0.15, 0.2) is 11.8 Å². The number of rotatable bonds is 0. The third-order valence-corrected chi connectivity index (χ3v) is 2.65. The second kappa shape index (κ2) is 3.48. The highest BCUT2D eigenvalue weighted by molar-refractivity contribution is 4.98. The van der Waals surface area contributed by atoms with E-state index in [4.69, 9.17) is 9.47 Å². The Hall–Kier alpha value is -0.500. The van der Waals surface area contributed by atoms with Crippen molar-refractivity contribution in [2.45, 2.75) is 44.8 Å². The topological polar surface area (TPSA) is 18.5 Å². The third-order valence-electron chi connectivity index (χ3n) is 2.65. The number of fused-ring (bicyclic) bond motifs is 1. The van der Waals surface area contributed by atoms with Crippen LogP contribution in [0.25, 0.3) is 0 Å². The summed E-state index contributed by atoms with van der Waals surface area (Å²) in [6.07, 6.45) is 7.17. The van der Waals surface area contributed by atoms with Gasteiger partial charge in [0.2, 0.25) is 0 Å². The maximum atomic E-state index is 5.65. The summed E-state index contributed by atoms with van der Waals surface area (Å²) in [5.41, 5.74) is 1.34. The highest BCUT2D eigenvalue weighted by atomic mass is 16.5. The van der Waals surface area contributed by atoms with E-state index in [9.17, 15) is 0 Å². The molecule has 0 aromatic heterocycles. The van der Waals surface area contributed by atoms with Gasteiger partial charge >= 0.3 is 0 Å². The van der Waals surface area contributed by atoms with E-state index in [0.717, 1.165) is 32.3 Å². The monoisotopic (exact) mass is 168 g/mol. The molecule has 68 valence electrons. The number of ether oxygens (including phenoxy) is 2. The Balaban J connectivity index is 2.01. The van der Waals surface area contributed by atoms with Gasteiger partial charge in [-0.3, -0.25) is 0 Å². The molecule has 0 unspecified atom stereocenters. The van der Waals surface area contributed by atoms with Gasteiger partial charge in [0.05, 0.1) is 12.4 Å². The lowest BCUT2D eigenvalue weighted by atomic mass is 10.0. The summed E-state index contributed by atoms with van der Waals surface area (Å²) in [5.74, 6) is 0. The molecular weight excluding hydrogens is 152 g/mol. The Morgan fingerprint density at radius 1 is 1.33 bits per heavy atom. The van der Waals surface area contributed by atoms with E-state index in [1.54, 1.807) is 0 Å². The summed E-state index contributed by atoms with van der Waals surface area (Å²) in [5, 5.41) is 0. The van der Waals surface area contributed by atoms with Crippen LogP contribution in [0.2, 0.25) is 0 Å². The van der Waals surface area contributed by atoms with Crippen molar-refractivity contribution in [3.05, 3.63) is 11.8 Å². The normalized spacial score (nSPS) is 35.9. The molecule has 0 saturated carbocycles. The minimum absolute atomic E-state index is 0.330. The molecule has 2 aliphatic rings. The van der Waals surface area contributed by atoms with E-state index >= 15 is 0 Å². The smallest absolute Gasteiger partial charge is 0.124 e. The minimum Gasteiger partial charge on any atom is -0.495 e. The van der Waals surface area contributed by atoms with Crippen molar-refractivity contribution in [2.75, 3.05) is 6.61 Å². The van der Waals surface area contributed by atoms with Crippen molar-refractivity contribution in [2.24, 2.45) is 0 Å². The van der Waals surface area contributed by atoms with Gasteiger partial charge in [-0.1, -0.05) is 0 Å². The predicted molar refractivity (Wildman–Crippen MR) is 46.8 cm³/mol. The van der Waals surface area contributed by atoms with Crippen LogP contribution < -0.4 is 0 Å². The molecule has 0 bridgehead atoms. The molecule has 0 aromatic rings. The average molecular weight is 168 g/mol. The first-order chi connectivity index (χ1) is 5.86. The second-order valence-electron chi connectivity index (χ2n) is 3.73. The Morgan fingerprint density at radius 2 is 2.25 bits per heavy atom. The van der Waals surface area contributed by atoms with Crippen LogP contribution in [0.1, 0.15) is 32.6 Å². The fraction of sp³-hybridized carbons (Fsp3) is 0.800. The van der Waals surface area contributed by atoms with E-state index in [2.05, 4.69) is 6.92 Å². The zero-order valence-electron chi connectivity index (χ0n) is 7.58. The SMILES string of the molecule is CC1=CO[C@@H]2CCCO[C@H]2CC1. The minimum atomic E-state index is 0.330. The third kappa shape index (κ3) is 1.63. The lowest BCUT2D eigenvalue weighted by molar-refractivity contribution is -0.0774. The van der Waals surface area contributed by atoms with E-state index in [1.165, 1.54) is 5.57 Å². The molecule has 1 fully saturated rings. The van der Waals surface area contributed by atoms with Crippen LogP contribution in [0, 0.1) is 0 Å². The van der Waals surface area contributed by atoms with Gasteiger partial charge in [0, 0.05) is 6.61 Å². The Bertz CT molecular complexity index is 186. The lowest BCUT2D eigenvalue weighted by Gasteiger charge is -2.29. The zero-order chi connectivity index (χ0) is 8.39. The molecule has 0 radical (unpaired) electrons. The van der Waals surface area contributed by atoms with Crippen LogP contribution in [-0.4, -0.2) is 18.8 Å². The van der Waals surface area contributed by atoms with Gasteiger partial charge in [0.1, 0.15) is 6.10 Å². The van der Waals surface area contributed by atoms with Crippen molar-refractivity contribution in [3.63, 3.8) is 0 Å². The Morgan fingerprint density at radius 3 is 3.17 bits per heavy atom. The molecule has 0 N–H and O–H groups in total. The zero-order valence-corrected chi connectivity index (χ0v) is 7.58. The van der Waals surface area contributed by atoms with Gasteiger partial charge in [-0.15, -0.1) is 0 Å². The van der Waals surface area contributed by atoms with Crippen molar-refractivity contribution in [1.82, 2.24) is 0 Å². The highest BCUT2D eigenvalue weighted by Crippen LogP contribution is 2.25. The summed E-state index contributed by atoms with van der Waals surface area (Å²) >= 11 is 0. The summed E-state index contributed by atoms with van der Waals surface area (Å²) < 4.78 is 11.3. The Kier molecular flexibility index (Phi) is 2.35. The van der Waals surface area contributed by atoms with Crippen LogP contribution >= 0.6 is 0 Å². The van der Waals surface area contributed by atoms with Crippen molar-refractivity contribution in [1.29, 1.82) is 0 Å². The van der Waals surface area contributed by atoms with E-state index in [1.807, 2.05) is 6.26 Å². The van der Waals surface area contributed by atoms with Crippen LogP contribution in [0.5, 0.6) is 0 Å². The molecule has 12 heavy (non-hydrogen) atoms. The standard InChI is InChI=1S/C10H16O2/c1-8-4-5-10-9(12-7-8)3-2-6-11-10/h7,9-10H,2-6H2,1H3/t9-,10+/m1/s1. The number of allylic oxidation sites excluding steroid dienone is 1. The molecule has 0 amide bonds. The molecule has 0 spiro atoms. The molecule has 0 aliphatic carbocycles. The molecule has 2 heteroatoms. The molecule has 2 nitrogen and oxygen atoms in total. The van der Waals surface area contributed by atoms with Crippen molar-refractivity contribution in [3.8, 4) is 0 Å². The van der Waals surface area contributed by atoms with Crippen LogP contribution in [0.4, 0.5) is 0 Å². The van der Waals surface area contributed by atoms with Gasteiger partial charge in [0.25, 0.3) is 0 Å². The van der Waals surface area contributed by atoms with Gasteiger partial charge in [0.15, 0.2) is 0 Å². The van der Waals surface area contributed by atoms with Gasteiger partial charge in [-0.05, 0) is 38.2 Å². The van der Waals surface area contributed by atoms with Crippen molar-refractivity contribution < 1.29 is 9.47 Å². The lowest BCUT2D eigenvalue weighted by Crippen LogP contribution is -2.34. The molecule has 2 aliphatic heterocycles. The first-order valence-corrected chi connectivity index (χ1v) is 4.79. The molecule has 0 aromatic carbocycles. The average Bonchev–Trinajstić information content (AvgIpc) is 2.29. The summed E-state index contributed by atoms with van der Waals surface area (Å²) in [6.45, 7) is 3.04. The second-order valence-corrected chi connectivity index (χ2v) is 3.73.